The van der Waals surface area contributed by atoms with E-state index in [1.165, 1.54) is 7.11 Å². The number of carbonyl (C=O) groups excluding carboxylic acids is 2. The summed E-state index contributed by atoms with van der Waals surface area (Å²) >= 11 is 0. The van der Waals surface area contributed by atoms with Crippen molar-refractivity contribution in [3.05, 3.63) is 29.8 Å². The molecule has 0 atom stereocenters. The maximum Gasteiger partial charge on any atom is 0.305 e. The first-order valence-corrected chi connectivity index (χ1v) is 6.00. The molecule has 1 rings (SSSR count). The number of carbonyl (C=O) groups is 2. The molecular formula is C14H18O4. The Bertz CT molecular complexity index is 395. The van der Waals surface area contributed by atoms with Crippen LogP contribution in [0.25, 0.3) is 0 Å². The van der Waals surface area contributed by atoms with Crippen LogP contribution in [0.4, 0.5) is 0 Å². The first-order valence-electron chi connectivity index (χ1n) is 6.00. The van der Waals surface area contributed by atoms with Crippen LogP contribution in [0.15, 0.2) is 24.3 Å². The standard InChI is InChI=1S/C14H18O4/c1-3-18-12-9-7-11(8-10-12)13(15)5-4-6-14(16)17-2/h7-10H,3-6H2,1-2H3. The molecule has 0 bridgehead atoms. The average molecular weight is 250 g/mol. The lowest BCUT2D eigenvalue weighted by Gasteiger charge is -2.04. The number of Topliss-reactive ketones (excluding diaryl/α,β-unsaturated/α-hetero) is 1. The summed E-state index contributed by atoms with van der Waals surface area (Å²) in [6, 6.07) is 7.03. The van der Waals surface area contributed by atoms with Gasteiger partial charge in [0.15, 0.2) is 5.78 Å². The summed E-state index contributed by atoms with van der Waals surface area (Å²) in [6.07, 6.45) is 1.14. The summed E-state index contributed by atoms with van der Waals surface area (Å²) in [5, 5.41) is 0. The number of ketones is 1. The Morgan fingerprint density at radius 3 is 2.33 bits per heavy atom. The lowest BCUT2D eigenvalue weighted by molar-refractivity contribution is -0.140. The smallest absolute Gasteiger partial charge is 0.305 e. The van der Waals surface area contributed by atoms with Gasteiger partial charge >= 0.3 is 5.97 Å². The van der Waals surface area contributed by atoms with Gasteiger partial charge in [-0.3, -0.25) is 9.59 Å². The van der Waals surface area contributed by atoms with Crippen LogP contribution < -0.4 is 4.74 Å². The van der Waals surface area contributed by atoms with Gasteiger partial charge in [0.1, 0.15) is 5.75 Å². The summed E-state index contributed by atoms with van der Waals surface area (Å²) in [6.45, 7) is 2.51. The van der Waals surface area contributed by atoms with Crippen molar-refractivity contribution in [3.8, 4) is 5.75 Å². The Morgan fingerprint density at radius 1 is 1.11 bits per heavy atom. The Balaban J connectivity index is 2.44. The number of hydrogen-bond acceptors (Lipinski definition) is 4. The van der Waals surface area contributed by atoms with Crippen LogP contribution in [-0.2, 0) is 9.53 Å². The molecule has 0 aliphatic carbocycles. The molecule has 0 saturated carbocycles. The predicted octanol–water partition coefficient (Wildman–Crippen LogP) is 2.61. The van der Waals surface area contributed by atoms with E-state index in [2.05, 4.69) is 4.74 Å². The minimum Gasteiger partial charge on any atom is -0.494 e. The Kier molecular flexibility index (Phi) is 5.91. The first-order chi connectivity index (χ1) is 8.67. The van der Waals surface area contributed by atoms with E-state index in [-0.39, 0.29) is 18.2 Å². The topological polar surface area (TPSA) is 52.6 Å². The quantitative estimate of drug-likeness (QED) is 0.551. The van der Waals surface area contributed by atoms with Crippen molar-refractivity contribution >= 4 is 11.8 Å². The molecule has 0 fully saturated rings. The molecular weight excluding hydrogens is 232 g/mol. The van der Waals surface area contributed by atoms with Crippen LogP contribution >= 0.6 is 0 Å². The van der Waals surface area contributed by atoms with Gasteiger partial charge in [0.25, 0.3) is 0 Å². The van der Waals surface area contributed by atoms with Gasteiger partial charge < -0.3 is 9.47 Å². The zero-order valence-electron chi connectivity index (χ0n) is 10.8. The number of hydrogen-bond donors (Lipinski definition) is 0. The Morgan fingerprint density at radius 2 is 1.78 bits per heavy atom. The maximum absolute atomic E-state index is 11.8. The molecule has 0 N–H and O–H groups in total. The number of methoxy groups -OCH3 is 1. The monoisotopic (exact) mass is 250 g/mol. The van der Waals surface area contributed by atoms with Gasteiger partial charge in [-0.1, -0.05) is 0 Å². The molecule has 0 amide bonds. The van der Waals surface area contributed by atoms with Crippen molar-refractivity contribution in [2.75, 3.05) is 13.7 Å². The molecule has 0 aliphatic rings. The van der Waals surface area contributed by atoms with Crippen LogP contribution in [0.2, 0.25) is 0 Å². The van der Waals surface area contributed by atoms with Crippen molar-refractivity contribution < 1.29 is 19.1 Å². The number of rotatable bonds is 7. The Hall–Kier alpha value is -1.84. The maximum atomic E-state index is 11.8. The normalized spacial score (nSPS) is 9.89. The van der Waals surface area contributed by atoms with E-state index in [4.69, 9.17) is 4.74 Å². The summed E-state index contributed by atoms with van der Waals surface area (Å²) < 4.78 is 9.81. The summed E-state index contributed by atoms with van der Waals surface area (Å²) in [5.41, 5.74) is 0.642. The molecule has 0 aromatic heterocycles. The van der Waals surface area contributed by atoms with Gasteiger partial charge in [-0.15, -0.1) is 0 Å². The average Bonchev–Trinajstić information content (AvgIpc) is 2.39. The predicted molar refractivity (Wildman–Crippen MR) is 67.8 cm³/mol. The van der Waals surface area contributed by atoms with Gasteiger partial charge in [0, 0.05) is 18.4 Å². The third kappa shape index (κ3) is 4.57. The third-order valence-electron chi connectivity index (χ3n) is 2.50. The molecule has 0 saturated heterocycles. The molecule has 4 heteroatoms. The number of benzene rings is 1. The lowest BCUT2D eigenvalue weighted by atomic mass is 10.1. The zero-order chi connectivity index (χ0) is 13.4. The van der Waals surface area contributed by atoms with Crippen molar-refractivity contribution in [2.24, 2.45) is 0 Å². The minimum atomic E-state index is -0.283. The second-order valence-corrected chi connectivity index (χ2v) is 3.81. The fraction of sp³-hybridized carbons (Fsp3) is 0.429. The fourth-order valence-corrected chi connectivity index (χ4v) is 1.54. The number of ether oxygens (including phenoxy) is 2. The molecule has 0 radical (unpaired) electrons. The third-order valence-corrected chi connectivity index (χ3v) is 2.50. The molecule has 98 valence electrons. The second-order valence-electron chi connectivity index (χ2n) is 3.81. The van der Waals surface area contributed by atoms with Crippen LogP contribution in [0, 0.1) is 0 Å². The lowest BCUT2D eigenvalue weighted by Crippen LogP contribution is -2.03. The largest absolute Gasteiger partial charge is 0.494 e. The van der Waals surface area contributed by atoms with Crippen LogP contribution in [-0.4, -0.2) is 25.5 Å². The van der Waals surface area contributed by atoms with Crippen molar-refractivity contribution in [1.29, 1.82) is 0 Å². The minimum absolute atomic E-state index is 0.0296. The van der Waals surface area contributed by atoms with Gasteiger partial charge in [0.2, 0.25) is 0 Å². The SMILES string of the molecule is CCOc1ccc(C(=O)CCCC(=O)OC)cc1. The van der Waals surface area contributed by atoms with Gasteiger partial charge in [0.05, 0.1) is 13.7 Å². The first kappa shape index (κ1) is 14.2. The molecule has 0 heterocycles. The number of esters is 1. The fourth-order valence-electron chi connectivity index (χ4n) is 1.54. The van der Waals surface area contributed by atoms with Crippen molar-refractivity contribution in [3.63, 3.8) is 0 Å². The molecule has 0 spiro atoms. The highest BCUT2D eigenvalue weighted by molar-refractivity contribution is 5.96. The van der Waals surface area contributed by atoms with Crippen molar-refractivity contribution in [1.82, 2.24) is 0 Å². The van der Waals surface area contributed by atoms with E-state index >= 15 is 0 Å². The highest BCUT2D eigenvalue weighted by Crippen LogP contribution is 2.14. The van der Waals surface area contributed by atoms with E-state index in [0.717, 1.165) is 5.75 Å². The molecule has 1 aromatic carbocycles. The Labute approximate surface area is 107 Å². The molecule has 18 heavy (non-hydrogen) atoms. The summed E-state index contributed by atoms with van der Waals surface area (Å²) in [4.78, 5) is 22.7. The van der Waals surface area contributed by atoms with E-state index in [1.54, 1.807) is 24.3 Å². The summed E-state index contributed by atoms with van der Waals surface area (Å²) in [5.74, 6) is 0.500. The van der Waals surface area contributed by atoms with Crippen LogP contribution in [0.1, 0.15) is 36.5 Å². The van der Waals surface area contributed by atoms with Gasteiger partial charge in [-0.25, -0.2) is 0 Å². The second kappa shape index (κ2) is 7.48. The van der Waals surface area contributed by atoms with Crippen molar-refractivity contribution in [2.45, 2.75) is 26.2 Å². The van der Waals surface area contributed by atoms with Gasteiger partial charge in [-0.2, -0.15) is 0 Å². The van der Waals surface area contributed by atoms with E-state index < -0.39 is 0 Å². The van der Waals surface area contributed by atoms with Crippen LogP contribution in [0.3, 0.4) is 0 Å². The van der Waals surface area contributed by atoms with Crippen LogP contribution in [0.5, 0.6) is 5.75 Å². The molecule has 0 unspecified atom stereocenters. The highest BCUT2D eigenvalue weighted by atomic mass is 16.5. The molecule has 1 aromatic rings. The zero-order valence-corrected chi connectivity index (χ0v) is 10.8. The van der Waals surface area contributed by atoms with Gasteiger partial charge in [-0.05, 0) is 37.6 Å². The van der Waals surface area contributed by atoms with E-state index in [1.807, 2.05) is 6.92 Å². The van der Waals surface area contributed by atoms with E-state index in [0.29, 0.717) is 25.0 Å². The van der Waals surface area contributed by atoms with E-state index in [9.17, 15) is 9.59 Å². The molecule has 4 nitrogen and oxygen atoms in total. The summed E-state index contributed by atoms with van der Waals surface area (Å²) in [7, 11) is 1.34. The molecule has 0 aliphatic heterocycles. The highest BCUT2D eigenvalue weighted by Gasteiger charge is 2.07.